The first-order valence-corrected chi connectivity index (χ1v) is 7.35. The van der Waals surface area contributed by atoms with Crippen LogP contribution in [0.25, 0.3) is 6.08 Å². The van der Waals surface area contributed by atoms with E-state index in [0.29, 0.717) is 9.93 Å². The Morgan fingerprint density at radius 1 is 1.19 bits per heavy atom. The number of amides is 2. The van der Waals surface area contributed by atoms with Gasteiger partial charge in [0, 0.05) is 10.6 Å². The molecule has 106 valence electrons. The number of thioether (sulfide) groups is 1. The molecule has 0 aliphatic carbocycles. The number of imide groups is 1. The number of halogens is 1. The highest BCUT2D eigenvalue weighted by atomic mass is 35.5. The van der Waals surface area contributed by atoms with Crippen LogP contribution in [0.3, 0.4) is 0 Å². The first-order chi connectivity index (χ1) is 10.1. The molecule has 0 radical (unpaired) electrons. The third-order valence-electron chi connectivity index (χ3n) is 2.97. The van der Waals surface area contributed by atoms with E-state index in [0.717, 1.165) is 22.9 Å². The van der Waals surface area contributed by atoms with Gasteiger partial charge in [-0.15, -0.1) is 0 Å². The molecule has 1 aromatic carbocycles. The molecule has 1 saturated heterocycles. The van der Waals surface area contributed by atoms with Gasteiger partial charge in [-0.3, -0.25) is 14.5 Å². The van der Waals surface area contributed by atoms with Crippen molar-refractivity contribution in [1.29, 1.82) is 0 Å². The van der Waals surface area contributed by atoms with Crippen molar-refractivity contribution in [2.45, 2.75) is 6.54 Å². The lowest BCUT2D eigenvalue weighted by Crippen LogP contribution is -2.27. The smallest absolute Gasteiger partial charge is 0.293 e. The van der Waals surface area contributed by atoms with Crippen LogP contribution in [-0.4, -0.2) is 16.0 Å². The second kappa shape index (κ2) is 5.79. The molecule has 0 N–H and O–H groups in total. The van der Waals surface area contributed by atoms with E-state index in [1.165, 1.54) is 17.4 Å². The lowest BCUT2D eigenvalue weighted by Gasteiger charge is -2.12. The van der Waals surface area contributed by atoms with Crippen LogP contribution >= 0.6 is 23.4 Å². The monoisotopic (exact) mass is 319 g/mol. The second-order valence-electron chi connectivity index (χ2n) is 4.45. The summed E-state index contributed by atoms with van der Waals surface area (Å²) in [6.45, 7) is 0.241. The quantitative estimate of drug-likeness (QED) is 0.797. The Balaban J connectivity index is 1.79. The van der Waals surface area contributed by atoms with Gasteiger partial charge in [0.1, 0.15) is 0 Å². The van der Waals surface area contributed by atoms with E-state index < -0.39 is 0 Å². The number of carbonyl (C=O) groups excluding carboxylic acids is 2. The average molecular weight is 320 g/mol. The van der Waals surface area contributed by atoms with Gasteiger partial charge in [0.25, 0.3) is 11.1 Å². The Morgan fingerprint density at radius 2 is 1.95 bits per heavy atom. The van der Waals surface area contributed by atoms with Crippen LogP contribution in [0.4, 0.5) is 4.79 Å². The highest BCUT2D eigenvalue weighted by Gasteiger charge is 2.34. The number of furan rings is 1. The maximum atomic E-state index is 12.3. The van der Waals surface area contributed by atoms with Crippen molar-refractivity contribution in [3.63, 3.8) is 0 Å². The summed E-state index contributed by atoms with van der Waals surface area (Å²) in [7, 11) is 0. The maximum absolute atomic E-state index is 12.3. The summed E-state index contributed by atoms with van der Waals surface area (Å²) in [6, 6.07) is 8.79. The minimum atomic E-state index is -0.291. The first kappa shape index (κ1) is 14.0. The molecule has 2 amide bonds. The normalized spacial score (nSPS) is 17.0. The molecule has 0 bridgehead atoms. The fourth-order valence-electron chi connectivity index (χ4n) is 1.92. The van der Waals surface area contributed by atoms with Crippen molar-refractivity contribution in [2.75, 3.05) is 0 Å². The van der Waals surface area contributed by atoms with E-state index in [2.05, 4.69) is 0 Å². The van der Waals surface area contributed by atoms with Crippen LogP contribution in [0.2, 0.25) is 5.02 Å². The Hall–Kier alpha value is -1.98. The van der Waals surface area contributed by atoms with Gasteiger partial charge < -0.3 is 4.42 Å². The van der Waals surface area contributed by atoms with E-state index in [9.17, 15) is 9.59 Å². The zero-order chi connectivity index (χ0) is 14.8. The third kappa shape index (κ3) is 3.04. The van der Waals surface area contributed by atoms with E-state index >= 15 is 0 Å². The van der Waals surface area contributed by atoms with Crippen LogP contribution in [0.1, 0.15) is 11.1 Å². The number of rotatable bonds is 3. The zero-order valence-corrected chi connectivity index (χ0v) is 12.4. The standard InChI is InChI=1S/C15H10ClNO3S/c16-12-3-1-10(2-4-12)8-17-14(18)13(21-15(17)19)7-11-5-6-20-9-11/h1-7,9H,8H2/b13-7+. The van der Waals surface area contributed by atoms with Crippen LogP contribution in [0.5, 0.6) is 0 Å². The molecular weight excluding hydrogens is 310 g/mol. The Bertz CT molecular complexity index is 707. The Kier molecular flexibility index (Phi) is 3.86. The largest absolute Gasteiger partial charge is 0.472 e. The Labute approximate surface area is 130 Å². The van der Waals surface area contributed by atoms with Crippen LogP contribution in [-0.2, 0) is 11.3 Å². The van der Waals surface area contributed by atoms with Gasteiger partial charge in [-0.1, -0.05) is 23.7 Å². The molecule has 1 aliphatic rings. The maximum Gasteiger partial charge on any atom is 0.293 e. The van der Waals surface area contributed by atoms with E-state index in [4.69, 9.17) is 16.0 Å². The predicted octanol–water partition coefficient (Wildman–Crippen LogP) is 4.17. The summed E-state index contributed by atoms with van der Waals surface area (Å²) in [5, 5.41) is 0.345. The Morgan fingerprint density at radius 3 is 2.62 bits per heavy atom. The fraction of sp³-hybridized carbons (Fsp3) is 0.0667. The molecule has 0 spiro atoms. The molecule has 0 saturated carbocycles. The molecule has 1 fully saturated rings. The van der Waals surface area contributed by atoms with Crippen molar-refractivity contribution in [3.8, 4) is 0 Å². The third-order valence-corrected chi connectivity index (χ3v) is 4.13. The summed E-state index contributed by atoms with van der Waals surface area (Å²) in [5.41, 5.74) is 1.61. The molecule has 2 heterocycles. The van der Waals surface area contributed by atoms with Gasteiger partial charge in [-0.05, 0) is 41.6 Å². The molecule has 1 aromatic heterocycles. The molecule has 1 aliphatic heterocycles. The molecular formula is C15H10ClNO3S. The van der Waals surface area contributed by atoms with Gasteiger partial charge in [0.05, 0.1) is 24.0 Å². The number of hydrogen-bond donors (Lipinski definition) is 0. The van der Waals surface area contributed by atoms with Crippen molar-refractivity contribution < 1.29 is 14.0 Å². The van der Waals surface area contributed by atoms with Crippen LogP contribution < -0.4 is 0 Å². The van der Waals surface area contributed by atoms with Crippen molar-refractivity contribution in [1.82, 2.24) is 4.90 Å². The van der Waals surface area contributed by atoms with Gasteiger partial charge in [0.15, 0.2) is 0 Å². The molecule has 2 aromatic rings. The van der Waals surface area contributed by atoms with Crippen LogP contribution in [0, 0.1) is 0 Å². The van der Waals surface area contributed by atoms with Crippen molar-refractivity contribution >= 4 is 40.6 Å². The second-order valence-corrected chi connectivity index (χ2v) is 5.88. The van der Waals surface area contributed by atoms with E-state index in [1.807, 2.05) is 0 Å². The molecule has 0 unspecified atom stereocenters. The van der Waals surface area contributed by atoms with Crippen LogP contribution in [0.15, 0.2) is 52.2 Å². The van der Waals surface area contributed by atoms with Gasteiger partial charge in [-0.2, -0.15) is 0 Å². The summed E-state index contributed by atoms with van der Waals surface area (Å²) >= 11 is 6.75. The minimum Gasteiger partial charge on any atom is -0.472 e. The fourth-order valence-corrected chi connectivity index (χ4v) is 2.88. The lowest BCUT2D eigenvalue weighted by atomic mass is 10.2. The van der Waals surface area contributed by atoms with Gasteiger partial charge in [0.2, 0.25) is 0 Å². The summed E-state index contributed by atoms with van der Waals surface area (Å²) in [4.78, 5) is 25.9. The highest BCUT2D eigenvalue weighted by molar-refractivity contribution is 8.18. The topological polar surface area (TPSA) is 50.5 Å². The molecule has 6 heteroatoms. The zero-order valence-electron chi connectivity index (χ0n) is 10.8. The summed E-state index contributed by atoms with van der Waals surface area (Å²) in [5.74, 6) is -0.291. The predicted molar refractivity (Wildman–Crippen MR) is 81.7 cm³/mol. The SMILES string of the molecule is O=C1S/C(=C/c2ccoc2)C(=O)N1Cc1ccc(Cl)cc1. The molecule has 4 nitrogen and oxygen atoms in total. The van der Waals surface area contributed by atoms with Gasteiger partial charge >= 0.3 is 0 Å². The molecule has 21 heavy (non-hydrogen) atoms. The van der Waals surface area contributed by atoms with Gasteiger partial charge in [-0.25, -0.2) is 0 Å². The lowest BCUT2D eigenvalue weighted by molar-refractivity contribution is -0.123. The summed E-state index contributed by atoms with van der Waals surface area (Å²) < 4.78 is 4.94. The molecule has 0 atom stereocenters. The summed E-state index contributed by atoms with van der Waals surface area (Å²) in [6.07, 6.45) is 4.69. The van der Waals surface area contributed by atoms with Crippen molar-refractivity contribution in [3.05, 3.63) is 63.9 Å². The van der Waals surface area contributed by atoms with Crippen molar-refractivity contribution in [2.24, 2.45) is 0 Å². The number of nitrogens with zero attached hydrogens (tertiary/aromatic N) is 1. The van der Waals surface area contributed by atoms with E-state index in [1.54, 1.807) is 36.4 Å². The minimum absolute atomic E-state index is 0.241. The first-order valence-electron chi connectivity index (χ1n) is 6.15. The van der Waals surface area contributed by atoms with E-state index in [-0.39, 0.29) is 17.7 Å². The highest BCUT2D eigenvalue weighted by Crippen LogP contribution is 2.33. The number of carbonyl (C=O) groups is 2. The molecule has 3 rings (SSSR count). The average Bonchev–Trinajstić information content (AvgIpc) is 3.06. The number of benzene rings is 1. The number of hydrogen-bond acceptors (Lipinski definition) is 4.